The van der Waals surface area contributed by atoms with Gasteiger partial charge in [-0.2, -0.15) is 0 Å². The highest BCUT2D eigenvalue weighted by molar-refractivity contribution is 7.81. The van der Waals surface area contributed by atoms with Crippen LogP contribution in [0.25, 0.3) is 33.1 Å². The van der Waals surface area contributed by atoms with Gasteiger partial charge in [0.1, 0.15) is 0 Å². The van der Waals surface area contributed by atoms with Gasteiger partial charge in [-0.25, -0.2) is 8.51 Å². The average molecular weight is 435 g/mol. The number of H-pyrrole nitrogens is 2. The maximum absolute atomic E-state index is 12.6. The van der Waals surface area contributed by atoms with Gasteiger partial charge in [-0.05, 0) is 48.2 Å². The highest BCUT2D eigenvalue weighted by Gasteiger charge is 2.25. The summed E-state index contributed by atoms with van der Waals surface area (Å²) in [4.78, 5) is 21.4. The Labute approximate surface area is 183 Å². The molecule has 1 aliphatic rings. The van der Waals surface area contributed by atoms with Gasteiger partial charge in [-0.3, -0.25) is 9.69 Å². The maximum atomic E-state index is 12.6. The fraction of sp³-hybridized carbons (Fsp3) is 0.292. The van der Waals surface area contributed by atoms with Crippen LogP contribution in [-0.2, 0) is 17.5 Å². The first-order chi connectivity index (χ1) is 15.0. The summed E-state index contributed by atoms with van der Waals surface area (Å²) in [5.41, 5.74) is 4.48. The number of piperazine rings is 1. The second-order valence-corrected chi connectivity index (χ2v) is 9.67. The van der Waals surface area contributed by atoms with Crippen molar-refractivity contribution in [1.82, 2.24) is 19.2 Å². The lowest BCUT2D eigenvalue weighted by Crippen LogP contribution is -2.51. The third-order valence-corrected chi connectivity index (χ3v) is 7.32. The van der Waals surface area contributed by atoms with Crippen molar-refractivity contribution in [3.63, 3.8) is 0 Å². The summed E-state index contributed by atoms with van der Waals surface area (Å²) < 4.78 is 13.9. The third kappa shape index (κ3) is 3.96. The number of aromatic nitrogens is 2. The Kier molecular flexibility index (Phi) is 5.25. The molecular formula is C24H26N4O2S. The number of rotatable bonds is 4. The summed E-state index contributed by atoms with van der Waals surface area (Å²) in [7, 11) is -0.914. The van der Waals surface area contributed by atoms with E-state index in [1.165, 1.54) is 5.56 Å². The fourth-order valence-corrected chi connectivity index (χ4v) is 5.49. The number of hydrogen-bond acceptors (Lipinski definition) is 3. The lowest BCUT2D eigenvalue weighted by Gasteiger charge is -2.38. The number of aromatic amines is 2. The van der Waals surface area contributed by atoms with E-state index in [0.29, 0.717) is 5.56 Å². The van der Waals surface area contributed by atoms with E-state index in [9.17, 15) is 9.00 Å². The Morgan fingerprint density at radius 2 is 1.81 bits per heavy atom. The summed E-state index contributed by atoms with van der Waals surface area (Å²) in [6.07, 6.45) is 1.75. The summed E-state index contributed by atoms with van der Waals surface area (Å²) in [5.74, 6) is 0. The van der Waals surface area contributed by atoms with Gasteiger partial charge in [-0.15, -0.1) is 0 Å². The summed E-state index contributed by atoms with van der Waals surface area (Å²) in [5, 5.41) is 2.11. The number of hydrogen-bond donors (Lipinski definition) is 2. The average Bonchev–Trinajstić information content (AvgIpc) is 3.16. The Morgan fingerprint density at radius 1 is 1.00 bits per heavy atom. The minimum Gasteiger partial charge on any atom is -0.354 e. The number of nitrogens with zero attached hydrogens (tertiary/aromatic N) is 2. The first kappa shape index (κ1) is 20.2. The number of pyridine rings is 1. The third-order valence-electron chi connectivity index (χ3n) is 6.12. The smallest absolute Gasteiger partial charge is 0.257 e. The lowest BCUT2D eigenvalue weighted by molar-refractivity contribution is 0.142. The number of benzene rings is 2. The molecule has 3 heterocycles. The first-order valence-corrected chi connectivity index (χ1v) is 12.1. The van der Waals surface area contributed by atoms with E-state index in [4.69, 9.17) is 0 Å². The molecule has 7 heteroatoms. The van der Waals surface area contributed by atoms with Crippen molar-refractivity contribution in [2.24, 2.45) is 0 Å². The molecular weight excluding hydrogens is 408 g/mol. The Bertz CT molecular complexity index is 1340. The standard InChI is InChI=1S/C24H26N4O2S/c1-16-14-27(9-10-28(16)31(2)30)15-17-7-8-22-19(11-17)13-23(25-22)20-12-18-5-3-4-6-21(18)26-24(20)29/h3-8,11-13,16,25H,9-10,14-15H2,1-2H3,(H,26,29)/t16-,31?/m1/s1. The molecule has 31 heavy (non-hydrogen) atoms. The molecule has 2 aromatic heterocycles. The van der Waals surface area contributed by atoms with E-state index in [0.717, 1.165) is 53.7 Å². The van der Waals surface area contributed by atoms with Crippen LogP contribution in [0, 0.1) is 0 Å². The second kappa shape index (κ2) is 8.07. The highest BCUT2D eigenvalue weighted by Crippen LogP contribution is 2.25. The maximum Gasteiger partial charge on any atom is 0.257 e. The molecule has 0 saturated carbocycles. The predicted octanol–water partition coefficient (Wildman–Crippen LogP) is 3.48. The minimum atomic E-state index is -0.914. The second-order valence-electron chi connectivity index (χ2n) is 8.35. The van der Waals surface area contributed by atoms with Crippen LogP contribution >= 0.6 is 0 Å². The predicted molar refractivity (Wildman–Crippen MR) is 127 cm³/mol. The van der Waals surface area contributed by atoms with Crippen molar-refractivity contribution in [3.8, 4) is 11.3 Å². The molecule has 0 radical (unpaired) electrons. The Hall–Kier alpha value is -2.74. The molecule has 0 bridgehead atoms. The monoisotopic (exact) mass is 434 g/mol. The number of nitrogens with one attached hydrogen (secondary N) is 2. The van der Waals surface area contributed by atoms with Crippen molar-refractivity contribution in [3.05, 3.63) is 70.5 Å². The number of fused-ring (bicyclic) bond motifs is 2. The molecule has 1 fully saturated rings. The van der Waals surface area contributed by atoms with Crippen LogP contribution in [0.15, 0.2) is 59.4 Å². The molecule has 0 amide bonds. The zero-order valence-electron chi connectivity index (χ0n) is 17.7. The van der Waals surface area contributed by atoms with Crippen LogP contribution in [0.3, 0.4) is 0 Å². The molecule has 2 N–H and O–H groups in total. The summed E-state index contributed by atoms with van der Waals surface area (Å²) in [6, 6.07) is 18.5. The van der Waals surface area contributed by atoms with Gasteiger partial charge >= 0.3 is 0 Å². The quantitative estimate of drug-likeness (QED) is 0.517. The van der Waals surface area contributed by atoms with Crippen LogP contribution in [0.2, 0.25) is 0 Å². The zero-order chi connectivity index (χ0) is 21.5. The van der Waals surface area contributed by atoms with Gasteiger partial charge in [-0.1, -0.05) is 24.3 Å². The first-order valence-electron chi connectivity index (χ1n) is 10.5. The Morgan fingerprint density at radius 3 is 2.61 bits per heavy atom. The molecule has 0 spiro atoms. The van der Waals surface area contributed by atoms with Gasteiger partial charge in [0.2, 0.25) is 0 Å². The fourth-order valence-electron chi connectivity index (χ4n) is 4.57. The van der Waals surface area contributed by atoms with Crippen LogP contribution in [0.1, 0.15) is 12.5 Å². The molecule has 160 valence electrons. The van der Waals surface area contributed by atoms with E-state index >= 15 is 0 Å². The molecule has 1 unspecified atom stereocenters. The minimum absolute atomic E-state index is 0.0920. The van der Waals surface area contributed by atoms with Crippen molar-refractivity contribution in [2.45, 2.75) is 19.5 Å². The van der Waals surface area contributed by atoms with Crippen molar-refractivity contribution in [1.29, 1.82) is 0 Å². The van der Waals surface area contributed by atoms with E-state index < -0.39 is 11.0 Å². The van der Waals surface area contributed by atoms with Crippen molar-refractivity contribution in [2.75, 3.05) is 25.9 Å². The SMILES string of the molecule is C[C@@H]1CN(Cc2ccc3[nH]c(-c4cc5ccccc5[nH]c4=O)cc3c2)CCN1S(C)=O. The van der Waals surface area contributed by atoms with Crippen LogP contribution in [0.5, 0.6) is 0 Å². The highest BCUT2D eigenvalue weighted by atomic mass is 32.2. The van der Waals surface area contributed by atoms with E-state index in [1.54, 1.807) is 6.26 Å². The lowest BCUT2D eigenvalue weighted by atomic mass is 10.1. The molecule has 2 aromatic carbocycles. The number of para-hydroxylation sites is 1. The normalized spacial score (nSPS) is 19.2. The largest absolute Gasteiger partial charge is 0.354 e. The molecule has 2 atom stereocenters. The van der Waals surface area contributed by atoms with Crippen LogP contribution in [0.4, 0.5) is 0 Å². The molecule has 0 aliphatic carbocycles. The van der Waals surface area contributed by atoms with E-state index in [2.05, 4.69) is 50.4 Å². The van der Waals surface area contributed by atoms with Crippen molar-refractivity contribution < 1.29 is 4.21 Å². The van der Waals surface area contributed by atoms with Crippen molar-refractivity contribution >= 4 is 32.8 Å². The molecule has 5 rings (SSSR count). The zero-order valence-corrected chi connectivity index (χ0v) is 18.5. The Balaban J connectivity index is 1.40. The van der Waals surface area contributed by atoms with Gasteiger partial charge in [0.05, 0.1) is 22.2 Å². The molecule has 1 saturated heterocycles. The summed E-state index contributed by atoms with van der Waals surface area (Å²) >= 11 is 0. The van der Waals surface area contributed by atoms with Gasteiger partial charge in [0.25, 0.3) is 5.56 Å². The molecule has 6 nitrogen and oxygen atoms in total. The van der Waals surface area contributed by atoms with Gasteiger partial charge in [0.15, 0.2) is 0 Å². The van der Waals surface area contributed by atoms with E-state index in [-0.39, 0.29) is 11.6 Å². The topological polar surface area (TPSA) is 72.2 Å². The molecule has 1 aliphatic heterocycles. The van der Waals surface area contributed by atoms with Gasteiger partial charge in [0, 0.05) is 54.9 Å². The van der Waals surface area contributed by atoms with Gasteiger partial charge < -0.3 is 9.97 Å². The summed E-state index contributed by atoms with van der Waals surface area (Å²) in [6.45, 7) is 5.64. The van der Waals surface area contributed by atoms with E-state index in [1.807, 2.05) is 30.3 Å². The van der Waals surface area contributed by atoms with Crippen LogP contribution < -0.4 is 5.56 Å². The molecule has 4 aromatic rings. The van der Waals surface area contributed by atoms with Crippen LogP contribution in [-0.4, -0.2) is 55.3 Å².